The van der Waals surface area contributed by atoms with Crippen LogP contribution in [0.15, 0.2) is 36.4 Å². The zero-order valence-electron chi connectivity index (χ0n) is 19.7. The number of hydrogen-bond donors (Lipinski definition) is 6. The van der Waals surface area contributed by atoms with Crippen LogP contribution >= 0.6 is 0 Å². The van der Waals surface area contributed by atoms with Crippen LogP contribution in [-0.2, 0) is 22.4 Å². The SMILES string of the molecule is COc1cc(C[C@@H](C)[C@@H](C)Cc2ccc(O)c(O[C@@H]3O[C@H](C(=O)O)[C@@H](O)[C@H](O)[C@H]3O)c2)ccc1O. The van der Waals surface area contributed by atoms with Gasteiger partial charge >= 0.3 is 5.97 Å². The first kappa shape index (κ1) is 26.6. The monoisotopic (exact) mass is 492 g/mol. The van der Waals surface area contributed by atoms with Crippen LogP contribution < -0.4 is 9.47 Å². The Morgan fingerprint density at radius 1 is 0.886 bits per heavy atom. The fourth-order valence-electron chi connectivity index (χ4n) is 4.05. The zero-order valence-corrected chi connectivity index (χ0v) is 19.7. The third-order valence-electron chi connectivity index (χ3n) is 6.41. The van der Waals surface area contributed by atoms with Crippen molar-refractivity contribution in [3.05, 3.63) is 47.5 Å². The molecule has 10 nitrogen and oxygen atoms in total. The van der Waals surface area contributed by atoms with E-state index in [-0.39, 0.29) is 29.1 Å². The molecule has 2 aromatic carbocycles. The highest BCUT2D eigenvalue weighted by molar-refractivity contribution is 5.73. The summed E-state index contributed by atoms with van der Waals surface area (Å²) in [6.45, 7) is 4.19. The molecule has 0 bridgehead atoms. The molecule has 0 spiro atoms. The van der Waals surface area contributed by atoms with Crippen molar-refractivity contribution in [2.75, 3.05) is 7.11 Å². The number of ether oxygens (including phenoxy) is 3. The van der Waals surface area contributed by atoms with Crippen LogP contribution in [0, 0.1) is 11.8 Å². The van der Waals surface area contributed by atoms with Crippen molar-refractivity contribution in [2.45, 2.75) is 57.4 Å². The van der Waals surface area contributed by atoms with Gasteiger partial charge in [-0.2, -0.15) is 0 Å². The van der Waals surface area contributed by atoms with Gasteiger partial charge in [0.25, 0.3) is 0 Å². The number of methoxy groups -OCH3 is 1. The minimum absolute atomic E-state index is 0.0533. The van der Waals surface area contributed by atoms with Crippen LogP contribution in [0.1, 0.15) is 25.0 Å². The first-order chi connectivity index (χ1) is 16.5. The van der Waals surface area contributed by atoms with Crippen molar-refractivity contribution in [2.24, 2.45) is 11.8 Å². The quantitative estimate of drug-likeness (QED) is 0.301. The number of carbonyl (C=O) groups is 1. The summed E-state index contributed by atoms with van der Waals surface area (Å²) in [7, 11) is 1.50. The van der Waals surface area contributed by atoms with E-state index in [4.69, 9.17) is 14.2 Å². The number of benzene rings is 2. The lowest BCUT2D eigenvalue weighted by molar-refractivity contribution is -0.271. The van der Waals surface area contributed by atoms with Crippen LogP contribution in [0.2, 0.25) is 0 Å². The minimum Gasteiger partial charge on any atom is -0.504 e. The Labute approximate surface area is 202 Å². The number of phenolic OH excluding ortho intramolecular Hbond substituents is 2. The van der Waals surface area contributed by atoms with Gasteiger partial charge in [-0.3, -0.25) is 0 Å². The highest BCUT2D eigenvalue weighted by atomic mass is 16.7. The fraction of sp³-hybridized carbons (Fsp3) is 0.480. The number of hydrogen-bond acceptors (Lipinski definition) is 9. The number of aliphatic hydroxyl groups is 3. The molecule has 192 valence electrons. The van der Waals surface area contributed by atoms with E-state index in [2.05, 4.69) is 13.8 Å². The third kappa shape index (κ3) is 6.15. The van der Waals surface area contributed by atoms with Crippen molar-refractivity contribution < 1.29 is 49.6 Å². The molecule has 0 aliphatic carbocycles. The predicted octanol–water partition coefficient (Wildman–Crippen LogP) is 1.43. The molecule has 0 radical (unpaired) electrons. The number of carboxylic acid groups (broad SMARTS) is 1. The van der Waals surface area contributed by atoms with Crippen molar-refractivity contribution in [1.82, 2.24) is 0 Å². The summed E-state index contributed by atoms with van der Waals surface area (Å²) in [5.41, 5.74) is 1.84. The second-order valence-electron chi connectivity index (χ2n) is 9.02. The van der Waals surface area contributed by atoms with Gasteiger partial charge in [-0.25, -0.2) is 4.79 Å². The van der Waals surface area contributed by atoms with Gasteiger partial charge in [0, 0.05) is 0 Å². The molecule has 10 heteroatoms. The van der Waals surface area contributed by atoms with E-state index in [1.54, 1.807) is 24.3 Å². The number of aliphatic carboxylic acids is 1. The van der Waals surface area contributed by atoms with E-state index in [9.17, 15) is 35.4 Å². The molecule has 1 heterocycles. The second kappa shape index (κ2) is 11.1. The van der Waals surface area contributed by atoms with E-state index < -0.39 is 36.7 Å². The Hall–Kier alpha value is -3.05. The van der Waals surface area contributed by atoms with E-state index in [1.165, 1.54) is 13.2 Å². The van der Waals surface area contributed by atoms with E-state index in [0.717, 1.165) is 17.5 Å². The maximum absolute atomic E-state index is 11.3. The molecule has 1 fully saturated rings. The molecule has 6 N–H and O–H groups in total. The highest BCUT2D eigenvalue weighted by Gasteiger charge is 2.48. The van der Waals surface area contributed by atoms with Crippen LogP contribution in [0.25, 0.3) is 0 Å². The molecule has 3 rings (SSSR count). The standard InChI is InChI=1S/C25H32O10/c1-12(8-14-4-6-16(26)18(10-14)33-3)13(2)9-15-5-7-17(27)19(11-15)34-25-22(30)20(28)21(29)23(35-25)24(31)32/h4-7,10-13,20-23,25-30H,8-9H2,1-3H3,(H,31,32)/t12-,13+,20+,21+,22-,23+,25-/m1/s1. The van der Waals surface area contributed by atoms with Crippen LogP contribution in [0.5, 0.6) is 23.0 Å². The van der Waals surface area contributed by atoms with Gasteiger partial charge in [0.2, 0.25) is 6.29 Å². The summed E-state index contributed by atoms with van der Waals surface area (Å²) < 4.78 is 15.8. The number of phenols is 2. The van der Waals surface area contributed by atoms with Gasteiger partial charge in [0.1, 0.15) is 18.3 Å². The highest BCUT2D eigenvalue weighted by Crippen LogP contribution is 2.33. The molecule has 7 atom stereocenters. The summed E-state index contributed by atoms with van der Waals surface area (Å²) >= 11 is 0. The Morgan fingerprint density at radius 3 is 1.91 bits per heavy atom. The lowest BCUT2D eigenvalue weighted by Crippen LogP contribution is -2.61. The van der Waals surface area contributed by atoms with E-state index in [1.807, 2.05) is 6.07 Å². The zero-order chi connectivity index (χ0) is 25.9. The van der Waals surface area contributed by atoms with Gasteiger partial charge in [-0.05, 0) is 60.1 Å². The van der Waals surface area contributed by atoms with Gasteiger partial charge in [0.05, 0.1) is 7.11 Å². The Morgan fingerprint density at radius 2 is 1.40 bits per heavy atom. The van der Waals surface area contributed by atoms with Gasteiger partial charge in [-0.1, -0.05) is 26.0 Å². The summed E-state index contributed by atoms with van der Waals surface area (Å²) in [5.74, 6) is -0.883. The molecule has 35 heavy (non-hydrogen) atoms. The normalized spacial score (nSPS) is 26.1. The summed E-state index contributed by atoms with van der Waals surface area (Å²) in [5, 5.41) is 59.2. The Balaban J connectivity index is 1.69. The number of aromatic hydroxyl groups is 2. The Kier molecular flexibility index (Phi) is 8.44. The number of aliphatic hydroxyl groups excluding tert-OH is 3. The molecular weight excluding hydrogens is 460 g/mol. The topological polar surface area (TPSA) is 166 Å². The molecule has 2 aromatic rings. The van der Waals surface area contributed by atoms with Crippen LogP contribution in [-0.4, -0.2) is 74.4 Å². The summed E-state index contributed by atoms with van der Waals surface area (Å²) in [6, 6.07) is 9.95. The Bertz CT molecular complexity index is 1030. The fourth-order valence-corrected chi connectivity index (χ4v) is 4.05. The lowest BCUT2D eigenvalue weighted by Gasteiger charge is -2.38. The molecular formula is C25H32O10. The van der Waals surface area contributed by atoms with E-state index in [0.29, 0.717) is 12.2 Å². The molecule has 1 aliphatic rings. The van der Waals surface area contributed by atoms with Crippen molar-refractivity contribution in [3.63, 3.8) is 0 Å². The van der Waals surface area contributed by atoms with Gasteiger partial charge in [0.15, 0.2) is 29.1 Å². The van der Waals surface area contributed by atoms with Crippen LogP contribution in [0.4, 0.5) is 0 Å². The average Bonchev–Trinajstić information content (AvgIpc) is 2.82. The summed E-state index contributed by atoms with van der Waals surface area (Å²) in [4.78, 5) is 11.3. The van der Waals surface area contributed by atoms with Crippen LogP contribution in [0.3, 0.4) is 0 Å². The maximum Gasteiger partial charge on any atom is 0.335 e. The third-order valence-corrected chi connectivity index (χ3v) is 6.41. The average molecular weight is 493 g/mol. The minimum atomic E-state index is -1.84. The lowest BCUT2D eigenvalue weighted by atomic mass is 9.85. The smallest absolute Gasteiger partial charge is 0.335 e. The second-order valence-corrected chi connectivity index (χ2v) is 9.02. The first-order valence-corrected chi connectivity index (χ1v) is 11.3. The molecule has 1 aliphatic heterocycles. The number of rotatable bonds is 9. The number of carboxylic acids is 1. The molecule has 0 saturated carbocycles. The van der Waals surface area contributed by atoms with E-state index >= 15 is 0 Å². The molecule has 1 saturated heterocycles. The largest absolute Gasteiger partial charge is 0.504 e. The van der Waals surface area contributed by atoms with Crippen molar-refractivity contribution in [1.29, 1.82) is 0 Å². The molecule has 0 aromatic heterocycles. The predicted molar refractivity (Wildman–Crippen MR) is 123 cm³/mol. The van der Waals surface area contributed by atoms with Gasteiger partial charge < -0.3 is 44.8 Å². The first-order valence-electron chi connectivity index (χ1n) is 11.3. The van der Waals surface area contributed by atoms with Gasteiger partial charge in [-0.15, -0.1) is 0 Å². The molecule has 0 amide bonds. The van der Waals surface area contributed by atoms with Crippen molar-refractivity contribution >= 4 is 5.97 Å². The maximum atomic E-state index is 11.3. The summed E-state index contributed by atoms with van der Waals surface area (Å²) in [6.07, 6.45) is -7.42. The van der Waals surface area contributed by atoms with Crippen molar-refractivity contribution in [3.8, 4) is 23.0 Å². The molecule has 0 unspecified atom stereocenters.